The van der Waals surface area contributed by atoms with Gasteiger partial charge < -0.3 is 10.1 Å². The van der Waals surface area contributed by atoms with Crippen LogP contribution in [0.3, 0.4) is 0 Å². The average molecular weight is 352 g/mol. The topological polar surface area (TPSA) is 75.7 Å². The summed E-state index contributed by atoms with van der Waals surface area (Å²) in [6.45, 7) is 1.92. The molecule has 0 unspecified atom stereocenters. The van der Waals surface area contributed by atoms with Crippen LogP contribution in [0.4, 0.5) is 5.69 Å². The normalized spacial score (nSPS) is 13.0. The predicted octanol–water partition coefficient (Wildman–Crippen LogP) is 2.32. The number of nitrogens with zero attached hydrogens (tertiary/aromatic N) is 1. The molecule has 0 saturated carbocycles. The highest BCUT2D eigenvalue weighted by molar-refractivity contribution is 6.04. The summed E-state index contributed by atoms with van der Waals surface area (Å²) < 4.78 is 5.41. The largest absolute Gasteiger partial charge is 0.482 e. The molecule has 134 valence electrons. The fourth-order valence-electron chi connectivity index (χ4n) is 2.75. The summed E-state index contributed by atoms with van der Waals surface area (Å²) in [6, 6.07) is 14.5. The van der Waals surface area contributed by atoms with Gasteiger partial charge in [-0.3, -0.25) is 19.3 Å². The summed E-state index contributed by atoms with van der Waals surface area (Å²) in [5.74, 6) is -0.122. The highest BCUT2D eigenvalue weighted by Gasteiger charge is 2.28. The van der Waals surface area contributed by atoms with Crippen molar-refractivity contribution in [2.24, 2.45) is 0 Å². The lowest BCUT2D eigenvalue weighted by Gasteiger charge is -2.29. The maximum absolute atomic E-state index is 12.3. The van der Waals surface area contributed by atoms with Gasteiger partial charge in [0.05, 0.1) is 5.69 Å². The summed E-state index contributed by atoms with van der Waals surface area (Å²) in [4.78, 5) is 37.9. The lowest BCUT2D eigenvalue weighted by Crippen LogP contribution is -2.45. The van der Waals surface area contributed by atoms with Gasteiger partial charge in [-0.1, -0.05) is 37.3 Å². The van der Waals surface area contributed by atoms with Crippen molar-refractivity contribution in [3.8, 4) is 5.75 Å². The first kappa shape index (κ1) is 17.7. The SMILES string of the molecule is CCC(=O)c1ccc2c(c1)N(CC(=O)NCc1ccccc1)C(=O)CO2. The van der Waals surface area contributed by atoms with Crippen LogP contribution in [-0.4, -0.2) is 30.7 Å². The Balaban J connectivity index is 1.74. The lowest BCUT2D eigenvalue weighted by molar-refractivity contribution is -0.125. The first-order valence-corrected chi connectivity index (χ1v) is 8.49. The van der Waals surface area contributed by atoms with Crippen LogP contribution >= 0.6 is 0 Å². The van der Waals surface area contributed by atoms with E-state index in [-0.39, 0.29) is 30.7 Å². The van der Waals surface area contributed by atoms with E-state index in [0.717, 1.165) is 5.56 Å². The highest BCUT2D eigenvalue weighted by atomic mass is 16.5. The molecule has 1 N–H and O–H groups in total. The minimum absolute atomic E-state index is 0.0284. The molecule has 0 aliphatic carbocycles. The Labute approximate surface area is 151 Å². The molecule has 26 heavy (non-hydrogen) atoms. The van der Waals surface area contributed by atoms with Gasteiger partial charge in [0.25, 0.3) is 5.91 Å². The maximum Gasteiger partial charge on any atom is 0.265 e. The molecule has 1 aliphatic rings. The Morgan fingerprint density at radius 1 is 1.15 bits per heavy atom. The van der Waals surface area contributed by atoms with Crippen molar-refractivity contribution in [3.05, 3.63) is 59.7 Å². The molecular formula is C20H20N2O4. The quantitative estimate of drug-likeness (QED) is 0.810. The van der Waals surface area contributed by atoms with Crippen LogP contribution in [0.25, 0.3) is 0 Å². The van der Waals surface area contributed by atoms with Crippen molar-refractivity contribution < 1.29 is 19.1 Å². The number of benzene rings is 2. The monoisotopic (exact) mass is 352 g/mol. The first-order valence-electron chi connectivity index (χ1n) is 8.49. The van der Waals surface area contributed by atoms with Crippen LogP contribution < -0.4 is 15.0 Å². The molecule has 0 fully saturated rings. The Hall–Kier alpha value is -3.15. The number of amides is 2. The van der Waals surface area contributed by atoms with E-state index in [1.54, 1.807) is 25.1 Å². The van der Waals surface area contributed by atoms with Crippen molar-refractivity contribution in [2.75, 3.05) is 18.1 Å². The predicted molar refractivity (Wildman–Crippen MR) is 97.2 cm³/mol. The van der Waals surface area contributed by atoms with Crippen molar-refractivity contribution >= 4 is 23.3 Å². The Bertz CT molecular complexity index is 833. The molecule has 6 heteroatoms. The van der Waals surface area contributed by atoms with E-state index >= 15 is 0 Å². The van der Waals surface area contributed by atoms with E-state index in [0.29, 0.717) is 30.0 Å². The second-order valence-electron chi connectivity index (χ2n) is 5.99. The van der Waals surface area contributed by atoms with E-state index in [4.69, 9.17) is 4.74 Å². The van der Waals surface area contributed by atoms with Crippen molar-refractivity contribution in [2.45, 2.75) is 19.9 Å². The number of rotatable bonds is 6. The molecule has 2 aromatic rings. The molecule has 1 heterocycles. The smallest absolute Gasteiger partial charge is 0.265 e. The summed E-state index contributed by atoms with van der Waals surface area (Å²) in [5.41, 5.74) is 1.93. The van der Waals surface area contributed by atoms with E-state index in [9.17, 15) is 14.4 Å². The third-order valence-corrected chi connectivity index (χ3v) is 4.18. The lowest BCUT2D eigenvalue weighted by atomic mass is 10.1. The molecule has 0 atom stereocenters. The molecule has 2 aromatic carbocycles. The van der Waals surface area contributed by atoms with Crippen LogP contribution in [0.1, 0.15) is 29.3 Å². The zero-order valence-corrected chi connectivity index (χ0v) is 14.5. The van der Waals surface area contributed by atoms with Crippen LogP contribution in [0, 0.1) is 0 Å². The number of nitrogens with one attached hydrogen (secondary N) is 1. The first-order chi connectivity index (χ1) is 12.6. The standard InChI is InChI=1S/C20H20N2O4/c1-2-17(23)15-8-9-18-16(10-15)22(20(25)13-26-18)12-19(24)21-11-14-6-4-3-5-7-14/h3-10H,2,11-13H2,1H3,(H,21,24). The maximum atomic E-state index is 12.3. The van der Waals surface area contributed by atoms with Crippen LogP contribution in [0.2, 0.25) is 0 Å². The van der Waals surface area contributed by atoms with Crippen molar-refractivity contribution in [1.29, 1.82) is 0 Å². The minimum atomic E-state index is -0.312. The van der Waals surface area contributed by atoms with E-state index in [2.05, 4.69) is 5.32 Å². The van der Waals surface area contributed by atoms with Gasteiger partial charge in [0, 0.05) is 18.5 Å². The summed E-state index contributed by atoms with van der Waals surface area (Å²) >= 11 is 0. The Morgan fingerprint density at radius 2 is 1.92 bits per heavy atom. The molecule has 0 radical (unpaired) electrons. The Kier molecular flexibility index (Phi) is 5.31. The van der Waals surface area contributed by atoms with Gasteiger partial charge in [0.15, 0.2) is 12.4 Å². The third-order valence-electron chi connectivity index (χ3n) is 4.18. The van der Waals surface area contributed by atoms with E-state index in [1.165, 1.54) is 4.90 Å². The molecule has 3 rings (SSSR count). The molecule has 0 aromatic heterocycles. The van der Waals surface area contributed by atoms with Gasteiger partial charge in [-0.05, 0) is 23.8 Å². The number of anilines is 1. The van der Waals surface area contributed by atoms with Crippen molar-refractivity contribution in [1.82, 2.24) is 5.32 Å². The van der Waals surface area contributed by atoms with Crippen LogP contribution in [-0.2, 0) is 16.1 Å². The molecule has 0 bridgehead atoms. The molecule has 1 aliphatic heterocycles. The van der Waals surface area contributed by atoms with Gasteiger partial charge in [0.1, 0.15) is 12.3 Å². The summed E-state index contributed by atoms with van der Waals surface area (Å²) in [5, 5.41) is 2.81. The highest BCUT2D eigenvalue weighted by Crippen LogP contribution is 2.33. The molecule has 6 nitrogen and oxygen atoms in total. The molecule has 0 saturated heterocycles. The van der Waals surface area contributed by atoms with Gasteiger partial charge in [0.2, 0.25) is 5.91 Å². The molecule has 2 amide bonds. The Morgan fingerprint density at radius 3 is 2.65 bits per heavy atom. The fourth-order valence-corrected chi connectivity index (χ4v) is 2.75. The van der Waals surface area contributed by atoms with Gasteiger partial charge in [-0.15, -0.1) is 0 Å². The minimum Gasteiger partial charge on any atom is -0.482 e. The zero-order valence-electron chi connectivity index (χ0n) is 14.5. The fraction of sp³-hybridized carbons (Fsp3) is 0.250. The van der Waals surface area contributed by atoms with Gasteiger partial charge >= 0.3 is 0 Å². The summed E-state index contributed by atoms with van der Waals surface area (Å²) in [7, 11) is 0. The molecule has 0 spiro atoms. The number of hydrogen-bond acceptors (Lipinski definition) is 4. The van der Waals surface area contributed by atoms with E-state index < -0.39 is 0 Å². The number of carbonyl (C=O) groups excluding carboxylic acids is 3. The number of Topliss-reactive ketones (excluding diaryl/α,β-unsaturated/α-hetero) is 1. The average Bonchev–Trinajstić information content (AvgIpc) is 2.68. The number of ether oxygens (including phenoxy) is 1. The number of hydrogen-bond donors (Lipinski definition) is 1. The zero-order chi connectivity index (χ0) is 18.5. The van der Waals surface area contributed by atoms with E-state index in [1.807, 2.05) is 30.3 Å². The second kappa shape index (κ2) is 7.82. The second-order valence-corrected chi connectivity index (χ2v) is 5.99. The van der Waals surface area contributed by atoms with Gasteiger partial charge in [-0.2, -0.15) is 0 Å². The molecular weight excluding hydrogens is 332 g/mol. The van der Waals surface area contributed by atoms with Crippen LogP contribution in [0.15, 0.2) is 48.5 Å². The number of ketones is 1. The third kappa shape index (κ3) is 3.91. The summed E-state index contributed by atoms with van der Waals surface area (Å²) in [6.07, 6.45) is 0.366. The van der Waals surface area contributed by atoms with Gasteiger partial charge in [-0.25, -0.2) is 0 Å². The number of carbonyl (C=O) groups is 3. The van der Waals surface area contributed by atoms with Crippen LogP contribution in [0.5, 0.6) is 5.75 Å². The number of fused-ring (bicyclic) bond motifs is 1. The van der Waals surface area contributed by atoms with Crippen molar-refractivity contribution in [3.63, 3.8) is 0 Å².